The Kier molecular flexibility index (Phi) is 6.10. The van der Waals surface area contributed by atoms with Gasteiger partial charge in [-0.1, -0.05) is 23.4 Å². The Hall–Kier alpha value is -2.78. The van der Waals surface area contributed by atoms with Crippen molar-refractivity contribution in [3.8, 4) is 5.75 Å². The van der Waals surface area contributed by atoms with Crippen LogP contribution < -0.4 is 4.74 Å². The van der Waals surface area contributed by atoms with E-state index in [-0.39, 0.29) is 16.6 Å². The third-order valence-corrected chi connectivity index (χ3v) is 6.89. The molecule has 30 heavy (non-hydrogen) atoms. The van der Waals surface area contributed by atoms with Crippen LogP contribution in [0, 0.1) is 5.82 Å². The molecule has 1 aliphatic heterocycles. The zero-order valence-corrected chi connectivity index (χ0v) is 17.1. The van der Waals surface area contributed by atoms with Crippen LogP contribution in [0.15, 0.2) is 64.0 Å². The maximum absolute atomic E-state index is 12.9. The summed E-state index contributed by atoms with van der Waals surface area (Å²) in [6.45, 7) is 1.11. The fourth-order valence-corrected chi connectivity index (χ4v) is 4.97. The molecule has 1 aliphatic rings. The maximum atomic E-state index is 12.9. The van der Waals surface area contributed by atoms with Gasteiger partial charge in [-0.3, -0.25) is 0 Å². The van der Waals surface area contributed by atoms with Crippen LogP contribution in [-0.4, -0.2) is 42.6 Å². The Morgan fingerprint density at radius 3 is 2.67 bits per heavy atom. The number of halogens is 1. The van der Waals surface area contributed by atoms with Gasteiger partial charge in [0, 0.05) is 19.5 Å². The summed E-state index contributed by atoms with van der Waals surface area (Å²) in [6, 6.07) is 14.2. The molecule has 2 heterocycles. The lowest BCUT2D eigenvalue weighted by Gasteiger charge is -2.30. The van der Waals surface area contributed by atoms with E-state index in [2.05, 4.69) is 10.1 Å². The molecule has 0 saturated carbocycles. The summed E-state index contributed by atoms with van der Waals surface area (Å²) in [6.07, 6.45) is 1.94. The van der Waals surface area contributed by atoms with Gasteiger partial charge in [0.2, 0.25) is 15.9 Å². The zero-order valence-electron chi connectivity index (χ0n) is 16.3. The lowest BCUT2D eigenvalue weighted by Crippen LogP contribution is -2.39. The largest absolute Gasteiger partial charge is 0.493 e. The van der Waals surface area contributed by atoms with Crippen molar-refractivity contribution < 1.29 is 22.1 Å². The van der Waals surface area contributed by atoms with Crippen molar-refractivity contribution in [2.45, 2.75) is 30.1 Å². The van der Waals surface area contributed by atoms with Crippen LogP contribution in [0.1, 0.15) is 30.5 Å². The Morgan fingerprint density at radius 1 is 1.13 bits per heavy atom. The van der Waals surface area contributed by atoms with Crippen LogP contribution in [0.25, 0.3) is 0 Å². The Bertz CT molecular complexity index is 1070. The van der Waals surface area contributed by atoms with Gasteiger partial charge in [0.05, 0.1) is 17.4 Å². The molecule has 1 aromatic heterocycles. The van der Waals surface area contributed by atoms with Crippen LogP contribution in [0.2, 0.25) is 0 Å². The molecular formula is C21H22FN3O4S. The van der Waals surface area contributed by atoms with E-state index in [1.165, 1.54) is 16.4 Å². The maximum Gasteiger partial charge on any atom is 0.243 e. The fraction of sp³-hybridized carbons (Fsp3) is 0.333. The number of nitrogens with zero attached hydrogens (tertiary/aromatic N) is 3. The number of piperidine rings is 1. The van der Waals surface area contributed by atoms with E-state index in [9.17, 15) is 12.8 Å². The smallest absolute Gasteiger partial charge is 0.243 e. The zero-order chi connectivity index (χ0) is 21.0. The van der Waals surface area contributed by atoms with Crippen LogP contribution in [0.3, 0.4) is 0 Å². The van der Waals surface area contributed by atoms with Gasteiger partial charge in [-0.2, -0.15) is 9.29 Å². The van der Waals surface area contributed by atoms with Crippen molar-refractivity contribution in [1.29, 1.82) is 0 Å². The van der Waals surface area contributed by atoms with Gasteiger partial charge in [0.1, 0.15) is 11.6 Å². The first-order valence-electron chi connectivity index (χ1n) is 9.78. The summed E-state index contributed by atoms with van der Waals surface area (Å²) in [5.41, 5.74) is 0. The summed E-state index contributed by atoms with van der Waals surface area (Å²) in [5, 5.41) is 3.99. The summed E-state index contributed by atoms with van der Waals surface area (Å²) < 4.78 is 51.1. The first kappa shape index (κ1) is 20.5. The SMILES string of the molecule is O=S(=O)(c1ccccc1)N1CCCC(c2nc(CCOc3ccc(F)cc3)no2)C1. The highest BCUT2D eigenvalue weighted by Crippen LogP contribution is 2.29. The van der Waals surface area contributed by atoms with Crippen LogP contribution in [0.5, 0.6) is 5.75 Å². The van der Waals surface area contributed by atoms with Crippen molar-refractivity contribution in [3.63, 3.8) is 0 Å². The highest BCUT2D eigenvalue weighted by atomic mass is 32.2. The molecule has 1 atom stereocenters. The van der Waals surface area contributed by atoms with E-state index in [0.717, 1.165) is 12.8 Å². The second-order valence-corrected chi connectivity index (χ2v) is 9.05. The van der Waals surface area contributed by atoms with Gasteiger partial charge in [0.15, 0.2) is 5.82 Å². The number of hydrogen-bond donors (Lipinski definition) is 0. The summed E-state index contributed by atoms with van der Waals surface area (Å²) in [4.78, 5) is 4.72. The molecule has 4 rings (SSSR count). The second kappa shape index (κ2) is 8.93. The molecule has 0 amide bonds. The number of hydrogen-bond acceptors (Lipinski definition) is 6. The van der Waals surface area contributed by atoms with Crippen molar-refractivity contribution in [2.24, 2.45) is 0 Å². The Morgan fingerprint density at radius 2 is 1.90 bits per heavy atom. The first-order valence-corrected chi connectivity index (χ1v) is 11.2. The molecule has 3 aromatic rings. The Balaban J connectivity index is 1.36. The molecule has 0 N–H and O–H groups in total. The molecule has 1 unspecified atom stereocenters. The van der Waals surface area contributed by atoms with Gasteiger partial charge in [-0.05, 0) is 49.2 Å². The fourth-order valence-electron chi connectivity index (χ4n) is 3.43. The van der Waals surface area contributed by atoms with Crippen LogP contribution in [-0.2, 0) is 16.4 Å². The number of benzene rings is 2. The summed E-state index contributed by atoms with van der Waals surface area (Å²) in [7, 11) is -3.55. The molecule has 2 aromatic carbocycles. The second-order valence-electron chi connectivity index (χ2n) is 7.12. The van der Waals surface area contributed by atoms with Crippen LogP contribution >= 0.6 is 0 Å². The highest BCUT2D eigenvalue weighted by molar-refractivity contribution is 7.89. The average molecular weight is 431 g/mol. The topological polar surface area (TPSA) is 85.5 Å². The quantitative estimate of drug-likeness (QED) is 0.570. The molecule has 0 aliphatic carbocycles. The lowest BCUT2D eigenvalue weighted by atomic mass is 10.00. The molecular weight excluding hydrogens is 409 g/mol. The molecule has 1 saturated heterocycles. The molecule has 158 valence electrons. The summed E-state index contributed by atoms with van der Waals surface area (Å²) >= 11 is 0. The lowest BCUT2D eigenvalue weighted by molar-refractivity contribution is 0.264. The van der Waals surface area contributed by atoms with Gasteiger partial charge in [-0.25, -0.2) is 12.8 Å². The van der Waals surface area contributed by atoms with Gasteiger partial charge >= 0.3 is 0 Å². The normalized spacial score (nSPS) is 17.7. The van der Waals surface area contributed by atoms with E-state index in [1.807, 2.05) is 0 Å². The number of rotatable bonds is 7. The predicted molar refractivity (Wildman–Crippen MR) is 107 cm³/mol. The monoisotopic (exact) mass is 431 g/mol. The van der Waals surface area contributed by atoms with E-state index in [4.69, 9.17) is 9.26 Å². The Labute approximate surface area is 174 Å². The van der Waals surface area contributed by atoms with Gasteiger partial charge in [-0.15, -0.1) is 0 Å². The molecule has 0 bridgehead atoms. The minimum atomic E-state index is -3.55. The number of aromatic nitrogens is 2. The van der Waals surface area contributed by atoms with Crippen molar-refractivity contribution in [2.75, 3.05) is 19.7 Å². The van der Waals surface area contributed by atoms with Crippen molar-refractivity contribution in [3.05, 3.63) is 72.1 Å². The standard InChI is InChI=1S/C21H22FN3O4S/c22-17-8-10-18(11-9-17)28-14-12-20-23-21(29-24-20)16-5-4-13-25(15-16)30(26,27)19-6-2-1-3-7-19/h1-3,6-11,16H,4-5,12-15H2. The van der Waals surface area contributed by atoms with Crippen LogP contribution in [0.4, 0.5) is 4.39 Å². The van der Waals surface area contributed by atoms with Gasteiger partial charge in [0.25, 0.3) is 0 Å². The third kappa shape index (κ3) is 4.68. The molecule has 7 nitrogen and oxygen atoms in total. The van der Waals surface area contributed by atoms with E-state index >= 15 is 0 Å². The van der Waals surface area contributed by atoms with E-state index in [1.54, 1.807) is 42.5 Å². The predicted octanol–water partition coefficient (Wildman–Crippen LogP) is 3.40. The van der Waals surface area contributed by atoms with E-state index < -0.39 is 10.0 Å². The molecule has 0 spiro atoms. The molecule has 9 heteroatoms. The summed E-state index contributed by atoms with van der Waals surface area (Å²) in [5.74, 6) is 1.04. The average Bonchev–Trinajstić information content (AvgIpc) is 3.25. The third-order valence-electron chi connectivity index (χ3n) is 5.01. The molecule has 0 radical (unpaired) electrons. The highest BCUT2D eigenvalue weighted by Gasteiger charge is 2.33. The molecule has 1 fully saturated rings. The van der Waals surface area contributed by atoms with Crippen molar-refractivity contribution in [1.82, 2.24) is 14.4 Å². The van der Waals surface area contributed by atoms with E-state index in [0.29, 0.717) is 43.6 Å². The van der Waals surface area contributed by atoms with Gasteiger partial charge < -0.3 is 9.26 Å². The number of ether oxygens (including phenoxy) is 1. The van der Waals surface area contributed by atoms with Crippen molar-refractivity contribution >= 4 is 10.0 Å². The number of sulfonamides is 1. The first-order chi connectivity index (χ1) is 14.5. The minimum absolute atomic E-state index is 0.142. The minimum Gasteiger partial charge on any atom is -0.493 e.